The summed E-state index contributed by atoms with van der Waals surface area (Å²) < 4.78 is 9.70. The standard InChI is InChI=1S/C17H30O5.C7H14O2.C3H6O3/c1-3-5-7-9-11-16(19)21-13-15(18)14-22-17(20)12-10-8-6-4-2;1-2-3-4-5-6-7(8)9;4-1-3(6)2-5/h3-14H2,1-2H3;2-6H2,1H3,(H,8,9);4-5H,1-2H2. The topological polar surface area (TPSA) is 164 Å². The molecule has 0 rings (SSSR count). The number of hydrogen-bond donors (Lipinski definition) is 3. The molecule has 0 saturated heterocycles. The molecule has 0 fully saturated rings. The Bertz CT molecular complexity index is 554. The van der Waals surface area contributed by atoms with Crippen LogP contribution in [0.2, 0.25) is 0 Å². The Morgan fingerprint density at radius 3 is 1.14 bits per heavy atom. The minimum absolute atomic E-state index is 0.310. The molecule has 0 amide bonds. The molecule has 10 heteroatoms. The van der Waals surface area contributed by atoms with Crippen molar-refractivity contribution in [2.45, 2.75) is 117 Å². The first-order valence-electron chi connectivity index (χ1n) is 13.5. The van der Waals surface area contributed by atoms with Crippen LogP contribution in [0.4, 0.5) is 0 Å². The predicted molar refractivity (Wildman–Crippen MR) is 140 cm³/mol. The molecule has 0 bridgehead atoms. The number of rotatable bonds is 21. The molecule has 3 N–H and O–H groups in total. The van der Waals surface area contributed by atoms with E-state index in [4.69, 9.17) is 24.8 Å². The van der Waals surface area contributed by atoms with E-state index < -0.39 is 25.0 Å². The highest BCUT2D eigenvalue weighted by molar-refractivity contribution is 5.85. The zero-order valence-electron chi connectivity index (χ0n) is 23.1. The number of carbonyl (C=O) groups is 5. The molecule has 0 radical (unpaired) electrons. The normalized spacial score (nSPS) is 9.76. The fourth-order valence-electron chi connectivity index (χ4n) is 2.65. The minimum Gasteiger partial charge on any atom is -0.481 e. The summed E-state index contributed by atoms with van der Waals surface area (Å²) in [6.07, 6.45) is 13.2. The van der Waals surface area contributed by atoms with Gasteiger partial charge in [-0.3, -0.25) is 24.0 Å². The van der Waals surface area contributed by atoms with Crippen LogP contribution in [0.5, 0.6) is 0 Å². The lowest BCUT2D eigenvalue weighted by molar-refractivity contribution is -0.153. The van der Waals surface area contributed by atoms with E-state index in [1.165, 1.54) is 6.42 Å². The lowest BCUT2D eigenvalue weighted by Gasteiger charge is -2.06. The molecule has 0 aliphatic rings. The molecule has 0 aliphatic heterocycles. The van der Waals surface area contributed by atoms with Crippen LogP contribution in [0, 0.1) is 0 Å². The first-order valence-corrected chi connectivity index (χ1v) is 13.5. The van der Waals surface area contributed by atoms with Gasteiger partial charge in [0.15, 0.2) is 19.0 Å². The van der Waals surface area contributed by atoms with E-state index in [9.17, 15) is 24.0 Å². The van der Waals surface area contributed by atoms with Crippen LogP contribution in [-0.4, -0.2) is 71.2 Å². The second kappa shape index (κ2) is 31.7. The molecule has 0 atom stereocenters. The van der Waals surface area contributed by atoms with E-state index in [0.29, 0.717) is 19.3 Å². The number of aliphatic hydroxyl groups is 2. The zero-order valence-corrected chi connectivity index (χ0v) is 23.1. The third-order valence-electron chi connectivity index (χ3n) is 4.85. The van der Waals surface area contributed by atoms with Crippen molar-refractivity contribution in [1.29, 1.82) is 0 Å². The molecule has 0 unspecified atom stereocenters. The lowest BCUT2D eigenvalue weighted by atomic mass is 10.1. The highest BCUT2D eigenvalue weighted by Gasteiger charge is 2.10. The molecule has 0 heterocycles. The summed E-state index contributed by atoms with van der Waals surface area (Å²) in [6.45, 7) is 4.57. The van der Waals surface area contributed by atoms with Gasteiger partial charge >= 0.3 is 17.9 Å². The van der Waals surface area contributed by atoms with Gasteiger partial charge in [0, 0.05) is 19.3 Å². The quantitative estimate of drug-likeness (QED) is 0.144. The Labute approximate surface area is 222 Å². The third-order valence-corrected chi connectivity index (χ3v) is 4.85. The molecule has 0 aliphatic carbocycles. The zero-order chi connectivity index (χ0) is 28.7. The van der Waals surface area contributed by atoms with Crippen LogP contribution in [0.3, 0.4) is 0 Å². The number of carboxylic acid groups (broad SMARTS) is 1. The van der Waals surface area contributed by atoms with Crippen LogP contribution in [0.1, 0.15) is 117 Å². The van der Waals surface area contributed by atoms with Crippen molar-refractivity contribution in [3.63, 3.8) is 0 Å². The number of aliphatic hydroxyl groups excluding tert-OH is 2. The van der Waals surface area contributed by atoms with Crippen LogP contribution in [-0.2, 0) is 33.4 Å². The van der Waals surface area contributed by atoms with Gasteiger partial charge in [-0.1, -0.05) is 78.6 Å². The Balaban J connectivity index is -0.000000628. The fraction of sp³-hybridized carbons (Fsp3) is 0.815. The molecule has 10 nitrogen and oxygen atoms in total. The minimum atomic E-state index is -0.675. The first kappa shape index (κ1) is 39.2. The number of carboxylic acids is 1. The number of ether oxygens (including phenoxy) is 2. The largest absolute Gasteiger partial charge is 0.481 e. The van der Waals surface area contributed by atoms with Gasteiger partial charge in [0.05, 0.1) is 0 Å². The Kier molecular flexibility index (Phi) is 33.6. The van der Waals surface area contributed by atoms with E-state index in [1.807, 2.05) is 0 Å². The molecule has 0 aromatic heterocycles. The Morgan fingerprint density at radius 1 is 0.514 bits per heavy atom. The van der Waals surface area contributed by atoms with Crippen molar-refractivity contribution in [1.82, 2.24) is 0 Å². The highest BCUT2D eigenvalue weighted by atomic mass is 16.6. The van der Waals surface area contributed by atoms with Crippen molar-refractivity contribution in [3.8, 4) is 0 Å². The molecule has 0 aromatic rings. The Morgan fingerprint density at radius 2 is 0.865 bits per heavy atom. The molecular formula is C27H50O10. The summed E-state index contributed by atoms with van der Waals surface area (Å²) in [5, 5.41) is 23.9. The molecule has 0 saturated carbocycles. The smallest absolute Gasteiger partial charge is 0.306 e. The van der Waals surface area contributed by atoms with Crippen molar-refractivity contribution >= 4 is 29.5 Å². The summed E-state index contributed by atoms with van der Waals surface area (Å²) in [5.74, 6) is -2.34. The second-order valence-corrected chi connectivity index (χ2v) is 8.54. The van der Waals surface area contributed by atoms with Crippen LogP contribution in [0.25, 0.3) is 0 Å². The maximum Gasteiger partial charge on any atom is 0.306 e. The maximum atomic E-state index is 11.5. The summed E-state index contributed by atoms with van der Waals surface area (Å²) >= 11 is 0. The van der Waals surface area contributed by atoms with Crippen LogP contribution < -0.4 is 0 Å². The number of carbonyl (C=O) groups excluding carboxylic acids is 4. The van der Waals surface area contributed by atoms with E-state index in [1.54, 1.807) is 0 Å². The number of esters is 2. The van der Waals surface area contributed by atoms with Crippen molar-refractivity contribution in [2.75, 3.05) is 26.4 Å². The summed E-state index contributed by atoms with van der Waals surface area (Å²) in [6, 6.07) is 0. The van der Waals surface area contributed by atoms with E-state index in [2.05, 4.69) is 20.8 Å². The van der Waals surface area contributed by atoms with Gasteiger partial charge in [-0.2, -0.15) is 0 Å². The lowest BCUT2D eigenvalue weighted by Crippen LogP contribution is -2.20. The van der Waals surface area contributed by atoms with E-state index >= 15 is 0 Å². The number of Topliss-reactive ketones (excluding diaryl/α,β-unsaturated/α-hetero) is 2. The van der Waals surface area contributed by atoms with Gasteiger partial charge in [0.2, 0.25) is 5.78 Å². The molecule has 218 valence electrons. The second-order valence-electron chi connectivity index (χ2n) is 8.54. The van der Waals surface area contributed by atoms with Crippen molar-refractivity contribution < 1.29 is 48.8 Å². The average molecular weight is 535 g/mol. The average Bonchev–Trinajstić information content (AvgIpc) is 2.89. The summed E-state index contributed by atoms with van der Waals surface area (Å²) in [5.41, 5.74) is 0. The monoisotopic (exact) mass is 534 g/mol. The van der Waals surface area contributed by atoms with Gasteiger partial charge < -0.3 is 24.8 Å². The third kappa shape index (κ3) is 38.4. The molecule has 0 spiro atoms. The van der Waals surface area contributed by atoms with Crippen LogP contribution in [0.15, 0.2) is 0 Å². The summed E-state index contributed by atoms with van der Waals surface area (Å²) in [4.78, 5) is 53.8. The molecule has 0 aromatic carbocycles. The van der Waals surface area contributed by atoms with Gasteiger partial charge in [-0.25, -0.2) is 0 Å². The van der Waals surface area contributed by atoms with Crippen molar-refractivity contribution in [3.05, 3.63) is 0 Å². The first-order chi connectivity index (χ1) is 17.7. The van der Waals surface area contributed by atoms with Gasteiger partial charge in [-0.05, 0) is 19.3 Å². The summed E-state index contributed by atoms with van der Waals surface area (Å²) in [7, 11) is 0. The Hall–Kier alpha value is -2.33. The van der Waals surface area contributed by atoms with Crippen molar-refractivity contribution in [2.24, 2.45) is 0 Å². The van der Waals surface area contributed by atoms with Gasteiger partial charge in [-0.15, -0.1) is 0 Å². The number of unbranched alkanes of at least 4 members (excludes halogenated alkanes) is 9. The van der Waals surface area contributed by atoms with E-state index in [-0.39, 0.29) is 30.9 Å². The van der Waals surface area contributed by atoms with Crippen LogP contribution >= 0.6 is 0 Å². The van der Waals surface area contributed by atoms with Gasteiger partial charge in [0.1, 0.15) is 13.2 Å². The predicted octanol–water partition coefficient (Wildman–Crippen LogP) is 4.16. The SMILES string of the molecule is CCCCCCC(=O)O.CCCCCCC(=O)OCC(=O)COC(=O)CCCCCC.O=C(CO)CO. The van der Waals surface area contributed by atoms with E-state index in [0.717, 1.165) is 70.6 Å². The fourth-order valence-corrected chi connectivity index (χ4v) is 2.65. The number of aliphatic carboxylic acids is 1. The number of hydrogen-bond acceptors (Lipinski definition) is 9. The molecule has 37 heavy (non-hydrogen) atoms. The maximum absolute atomic E-state index is 11.5. The number of ketones is 2. The van der Waals surface area contributed by atoms with Gasteiger partial charge in [0.25, 0.3) is 0 Å². The molecular weight excluding hydrogens is 484 g/mol. The highest BCUT2D eigenvalue weighted by Crippen LogP contribution is 2.05.